The predicted molar refractivity (Wildman–Crippen MR) is 165 cm³/mol. The van der Waals surface area contributed by atoms with Gasteiger partial charge in [0, 0.05) is 42.1 Å². The second-order valence-electron chi connectivity index (χ2n) is 10.2. The molecule has 1 N–H and O–H groups in total. The summed E-state index contributed by atoms with van der Waals surface area (Å²) in [7, 11) is 0.669. The minimum absolute atomic E-state index is 0.203. The molecule has 0 fully saturated rings. The average molecular weight is 617 g/mol. The number of nitrogens with zero attached hydrogens (tertiary/aromatic N) is 1. The number of furan rings is 2. The molecule has 6 rings (SSSR count). The Labute approximate surface area is 251 Å². The van der Waals surface area contributed by atoms with E-state index < -0.39 is 27.6 Å². The zero-order valence-corrected chi connectivity index (χ0v) is 24.9. The van der Waals surface area contributed by atoms with Gasteiger partial charge in [0.15, 0.2) is 0 Å². The van der Waals surface area contributed by atoms with Gasteiger partial charge < -0.3 is 18.9 Å². The van der Waals surface area contributed by atoms with Gasteiger partial charge in [0.2, 0.25) is 10.0 Å². The van der Waals surface area contributed by atoms with Crippen LogP contribution in [0.2, 0.25) is 0 Å². The van der Waals surface area contributed by atoms with Crippen molar-refractivity contribution in [2.75, 3.05) is 31.8 Å². The molecular weight excluding hydrogens is 590 g/mol. The van der Waals surface area contributed by atoms with Crippen LogP contribution in [0, 0.1) is 11.6 Å². The lowest BCUT2D eigenvalue weighted by atomic mass is 9.96. The van der Waals surface area contributed by atoms with E-state index in [4.69, 9.17) is 13.6 Å². The summed E-state index contributed by atoms with van der Waals surface area (Å²) in [5.41, 5.74) is 3.28. The highest BCUT2D eigenvalue weighted by Gasteiger charge is 2.26. The van der Waals surface area contributed by atoms with Gasteiger partial charge in [-0.2, -0.15) is 0 Å². The molecule has 0 aliphatic carbocycles. The zero-order chi connectivity index (χ0) is 31.3. The number of nitrogens with one attached hydrogen (secondary N) is 1. The smallest absolute Gasteiger partial charge is 0.255 e. The van der Waals surface area contributed by atoms with E-state index in [0.29, 0.717) is 50.1 Å². The molecule has 0 aliphatic rings. The van der Waals surface area contributed by atoms with Crippen molar-refractivity contribution in [3.05, 3.63) is 96.1 Å². The lowest BCUT2D eigenvalue weighted by Crippen LogP contribution is -2.25. The number of carbonyl (C=O) groups is 1. The SMILES string of the molecule is CNC(=O)c1c(-c2ccc(F)cc2)oc2cc(N(C)S(C)(=O)=O)c(-c3ccc(OC)c(-c4cc5cc(F)ccc5o4)c3)cc12. The molecule has 0 bridgehead atoms. The second kappa shape index (κ2) is 10.8. The number of ether oxygens (including phenoxy) is 1. The first kappa shape index (κ1) is 28.9. The standard InChI is InChI=1S/C33H26F2N2O6S/c1-36-33(38)31-25-16-23(19-7-11-28(41-3)24(14-19)29-15-20-13-22(35)10-12-27(20)42-29)26(37(2)44(4,39)40)17-30(25)43-32(31)18-5-8-21(34)9-6-18/h5-17H,1-4H3,(H,36,38). The molecule has 0 unspecified atom stereocenters. The first-order valence-corrected chi connectivity index (χ1v) is 15.2. The van der Waals surface area contributed by atoms with Gasteiger partial charge >= 0.3 is 0 Å². The van der Waals surface area contributed by atoms with Crippen molar-refractivity contribution in [3.63, 3.8) is 0 Å². The first-order valence-electron chi connectivity index (χ1n) is 13.4. The van der Waals surface area contributed by atoms with Gasteiger partial charge in [0.25, 0.3) is 5.91 Å². The van der Waals surface area contributed by atoms with Gasteiger partial charge in [-0.25, -0.2) is 17.2 Å². The lowest BCUT2D eigenvalue weighted by Gasteiger charge is -2.21. The highest BCUT2D eigenvalue weighted by Crippen LogP contribution is 2.44. The number of rotatable bonds is 7. The van der Waals surface area contributed by atoms with E-state index in [2.05, 4.69) is 5.32 Å². The van der Waals surface area contributed by atoms with Crippen molar-refractivity contribution in [2.45, 2.75) is 0 Å². The van der Waals surface area contributed by atoms with Crippen molar-refractivity contribution < 1.29 is 35.6 Å². The van der Waals surface area contributed by atoms with Gasteiger partial charge in [0.05, 0.1) is 30.2 Å². The molecule has 2 aromatic heterocycles. The molecule has 224 valence electrons. The Morgan fingerprint density at radius 2 is 1.55 bits per heavy atom. The fourth-order valence-corrected chi connectivity index (χ4v) is 5.68. The minimum atomic E-state index is -3.74. The Kier molecular flexibility index (Phi) is 7.13. The van der Waals surface area contributed by atoms with E-state index in [1.807, 2.05) is 0 Å². The second-order valence-corrected chi connectivity index (χ2v) is 12.2. The van der Waals surface area contributed by atoms with E-state index in [1.165, 1.54) is 63.7 Å². The summed E-state index contributed by atoms with van der Waals surface area (Å²) in [6.45, 7) is 0. The van der Waals surface area contributed by atoms with E-state index >= 15 is 0 Å². The molecular formula is C33H26F2N2O6S. The highest BCUT2D eigenvalue weighted by atomic mass is 32.2. The average Bonchev–Trinajstić information content (AvgIpc) is 3.60. The van der Waals surface area contributed by atoms with Crippen LogP contribution in [0.1, 0.15) is 10.4 Å². The minimum Gasteiger partial charge on any atom is -0.496 e. The Morgan fingerprint density at radius 3 is 2.23 bits per heavy atom. The number of carbonyl (C=O) groups excluding carboxylic acids is 1. The predicted octanol–water partition coefficient (Wildman–Crippen LogP) is 7.22. The van der Waals surface area contributed by atoms with Crippen LogP contribution in [-0.2, 0) is 10.0 Å². The number of fused-ring (bicyclic) bond motifs is 2. The highest BCUT2D eigenvalue weighted by molar-refractivity contribution is 7.92. The zero-order valence-electron chi connectivity index (χ0n) is 24.1. The maximum absolute atomic E-state index is 13.9. The number of hydrogen-bond acceptors (Lipinski definition) is 6. The molecule has 11 heteroatoms. The molecule has 0 atom stereocenters. The van der Waals surface area contributed by atoms with Crippen LogP contribution < -0.4 is 14.4 Å². The van der Waals surface area contributed by atoms with E-state index in [-0.39, 0.29) is 22.6 Å². The molecule has 4 aromatic carbocycles. The quantitative estimate of drug-likeness (QED) is 0.203. The molecule has 8 nitrogen and oxygen atoms in total. The summed E-state index contributed by atoms with van der Waals surface area (Å²) < 4.78 is 72.0. The molecule has 0 spiro atoms. The largest absolute Gasteiger partial charge is 0.496 e. The number of amides is 1. The molecule has 0 radical (unpaired) electrons. The van der Waals surface area contributed by atoms with E-state index in [0.717, 1.165) is 10.6 Å². The summed E-state index contributed by atoms with van der Waals surface area (Å²) in [5, 5.41) is 3.61. The monoisotopic (exact) mass is 616 g/mol. The fourth-order valence-electron chi connectivity index (χ4n) is 5.17. The number of sulfonamides is 1. The molecule has 1 amide bonds. The van der Waals surface area contributed by atoms with Crippen LogP contribution in [0.15, 0.2) is 87.7 Å². The normalized spacial score (nSPS) is 11.7. The third kappa shape index (κ3) is 5.05. The number of hydrogen-bond donors (Lipinski definition) is 1. The first-order chi connectivity index (χ1) is 21.0. The summed E-state index contributed by atoms with van der Waals surface area (Å²) in [4.78, 5) is 13.2. The van der Waals surface area contributed by atoms with Crippen LogP contribution in [0.25, 0.3) is 55.7 Å². The van der Waals surface area contributed by atoms with Crippen molar-refractivity contribution in [2.24, 2.45) is 0 Å². The molecule has 0 saturated heterocycles. The third-order valence-electron chi connectivity index (χ3n) is 7.46. The van der Waals surface area contributed by atoms with E-state index in [9.17, 15) is 22.0 Å². The fraction of sp³-hybridized carbons (Fsp3) is 0.121. The van der Waals surface area contributed by atoms with Crippen LogP contribution in [0.5, 0.6) is 5.75 Å². The summed E-state index contributed by atoms with van der Waals surface area (Å²) >= 11 is 0. The van der Waals surface area contributed by atoms with Gasteiger partial charge in [-0.15, -0.1) is 0 Å². The number of methoxy groups -OCH3 is 1. The van der Waals surface area contributed by atoms with Crippen LogP contribution in [0.3, 0.4) is 0 Å². The molecule has 2 heterocycles. The van der Waals surface area contributed by atoms with Crippen LogP contribution >= 0.6 is 0 Å². The Bertz CT molecular complexity index is 2190. The van der Waals surface area contributed by atoms with E-state index in [1.54, 1.807) is 36.4 Å². The Morgan fingerprint density at radius 1 is 0.841 bits per heavy atom. The van der Waals surface area contributed by atoms with Crippen LogP contribution in [-0.4, -0.2) is 41.8 Å². The van der Waals surface area contributed by atoms with Crippen molar-refractivity contribution in [1.29, 1.82) is 0 Å². The van der Waals surface area contributed by atoms with Gasteiger partial charge in [0.1, 0.15) is 40.1 Å². The Balaban J connectivity index is 1.63. The molecule has 0 saturated carbocycles. The van der Waals surface area contributed by atoms with Gasteiger partial charge in [-0.3, -0.25) is 9.10 Å². The molecule has 44 heavy (non-hydrogen) atoms. The van der Waals surface area contributed by atoms with Crippen LogP contribution in [0.4, 0.5) is 14.5 Å². The summed E-state index contributed by atoms with van der Waals surface area (Å²) in [6, 6.07) is 19.9. The molecule has 0 aliphatic heterocycles. The number of halogens is 2. The number of benzene rings is 4. The number of anilines is 1. The topological polar surface area (TPSA) is 102 Å². The summed E-state index contributed by atoms with van der Waals surface area (Å²) in [6.07, 6.45) is 1.08. The van der Waals surface area contributed by atoms with Crippen molar-refractivity contribution in [3.8, 4) is 39.5 Å². The maximum atomic E-state index is 13.9. The maximum Gasteiger partial charge on any atom is 0.255 e. The molecule has 6 aromatic rings. The lowest BCUT2D eigenvalue weighted by molar-refractivity contribution is 0.0964. The van der Waals surface area contributed by atoms with Crippen molar-refractivity contribution >= 4 is 43.6 Å². The summed E-state index contributed by atoms with van der Waals surface area (Å²) in [5.74, 6) is -0.204. The van der Waals surface area contributed by atoms with Gasteiger partial charge in [-0.05, 0) is 72.3 Å². The Hall–Kier alpha value is -5.16. The third-order valence-corrected chi connectivity index (χ3v) is 8.65. The van der Waals surface area contributed by atoms with Gasteiger partial charge in [-0.1, -0.05) is 6.07 Å². The van der Waals surface area contributed by atoms with Crippen molar-refractivity contribution in [1.82, 2.24) is 5.32 Å².